The molecule has 190 valence electrons. The van der Waals surface area contributed by atoms with E-state index in [2.05, 4.69) is 25.1 Å². The quantitative estimate of drug-likeness (QED) is 0.267. The number of methoxy groups -OCH3 is 1. The molecule has 2 heterocycles. The number of hydrogen-bond acceptors (Lipinski definition) is 8. The van der Waals surface area contributed by atoms with Crippen molar-refractivity contribution in [3.05, 3.63) is 42.5 Å². The molecular weight excluding hydrogens is 473 g/mol. The molecule has 0 bridgehead atoms. The first-order valence-electron chi connectivity index (χ1n) is 11.0. The normalized spacial score (nSPS) is 15.5. The molecule has 0 fully saturated rings. The molecule has 2 aromatic heterocycles. The number of nitrogens with one attached hydrogen (secondary N) is 2. The van der Waals surface area contributed by atoms with Gasteiger partial charge in [-0.2, -0.15) is 0 Å². The van der Waals surface area contributed by atoms with Gasteiger partial charge >= 0.3 is 5.97 Å². The zero-order valence-corrected chi connectivity index (χ0v) is 21.3. The highest BCUT2D eigenvalue weighted by Crippen LogP contribution is 2.42. The van der Waals surface area contributed by atoms with Crippen LogP contribution in [0.2, 0.25) is 0 Å². The number of nitrogen functional groups attached to an aromatic ring is 1. The molecule has 0 aliphatic carbocycles. The number of carbonyl (C=O) groups is 1. The molecule has 3 atom stereocenters. The van der Waals surface area contributed by atoms with Gasteiger partial charge in [0.05, 0.1) is 26.1 Å². The molecule has 0 aliphatic rings. The average Bonchev–Trinajstić information content (AvgIpc) is 3.21. The molecule has 0 spiro atoms. The van der Waals surface area contributed by atoms with Gasteiger partial charge in [-0.25, -0.2) is 25.1 Å². The van der Waals surface area contributed by atoms with Crippen molar-refractivity contribution in [1.29, 1.82) is 0 Å². The van der Waals surface area contributed by atoms with Gasteiger partial charge < -0.3 is 24.9 Å². The molecule has 1 aromatic carbocycles. The SMILES string of the molecule is COc1ccc([C@H](C)NP(=O)(CO[C@@H](C)Cn2cnc3c(N)ncnc32)NC(C)(C)C(=O)O)cc1. The third-order valence-electron chi connectivity index (χ3n) is 5.44. The third-order valence-corrected chi connectivity index (χ3v) is 7.67. The maximum atomic E-state index is 13.9. The fraction of sp³-hybridized carbons (Fsp3) is 0.455. The second kappa shape index (κ2) is 10.7. The number of ether oxygens (including phenoxy) is 2. The number of imidazole rings is 1. The molecule has 3 rings (SSSR count). The molecule has 0 radical (unpaired) electrons. The van der Waals surface area contributed by atoms with Crippen LogP contribution in [0.3, 0.4) is 0 Å². The van der Waals surface area contributed by atoms with Gasteiger partial charge in [0.2, 0.25) is 7.44 Å². The molecule has 12 nitrogen and oxygen atoms in total. The Labute approximate surface area is 203 Å². The minimum atomic E-state index is -3.54. The number of aliphatic carboxylic acids is 1. The molecule has 0 saturated heterocycles. The minimum Gasteiger partial charge on any atom is -0.497 e. The van der Waals surface area contributed by atoms with Crippen molar-refractivity contribution in [1.82, 2.24) is 29.7 Å². The Morgan fingerprint density at radius 2 is 1.91 bits per heavy atom. The first kappa shape index (κ1) is 26.6. The summed E-state index contributed by atoms with van der Waals surface area (Å²) in [5, 5.41) is 15.4. The number of anilines is 1. The number of fused-ring (bicyclic) bond motifs is 1. The summed E-state index contributed by atoms with van der Waals surface area (Å²) in [6.45, 7) is 6.92. The van der Waals surface area contributed by atoms with Crippen molar-refractivity contribution in [3.8, 4) is 5.75 Å². The van der Waals surface area contributed by atoms with Gasteiger partial charge in [-0.15, -0.1) is 0 Å². The third kappa shape index (κ3) is 6.55. The lowest BCUT2D eigenvalue weighted by atomic mass is 10.1. The van der Waals surface area contributed by atoms with Crippen molar-refractivity contribution < 1.29 is 23.9 Å². The first-order valence-corrected chi connectivity index (χ1v) is 12.9. The fourth-order valence-electron chi connectivity index (χ4n) is 3.48. The number of nitrogens with two attached hydrogens (primary N) is 1. The number of hydrogen-bond donors (Lipinski definition) is 4. The lowest BCUT2D eigenvalue weighted by molar-refractivity contribution is -0.142. The Balaban J connectivity index is 1.74. The molecule has 5 N–H and O–H groups in total. The summed E-state index contributed by atoms with van der Waals surface area (Å²) >= 11 is 0. The van der Waals surface area contributed by atoms with Crippen LogP contribution in [0.1, 0.15) is 39.3 Å². The fourth-order valence-corrected chi connectivity index (χ4v) is 5.92. The smallest absolute Gasteiger partial charge is 0.323 e. The number of rotatable bonds is 12. The zero-order valence-electron chi connectivity index (χ0n) is 20.4. The predicted octanol–water partition coefficient (Wildman–Crippen LogP) is 2.78. The van der Waals surface area contributed by atoms with Crippen LogP contribution >= 0.6 is 7.44 Å². The minimum absolute atomic E-state index is 0.241. The van der Waals surface area contributed by atoms with E-state index in [0.717, 1.165) is 5.56 Å². The standard InChI is InChI=1S/C22H32N7O5P/c1-14(10-29-12-26-18-19(23)24-11-25-20(18)29)34-13-35(32,28-22(3,4)21(30)31)27-15(2)16-6-8-17(33-5)9-7-16/h6-9,11-12,14-15H,10,13H2,1-5H3,(H,30,31)(H2,23,24,25)(H2,27,28,32)/t14-,15-,35?/m0/s1. The van der Waals surface area contributed by atoms with E-state index in [1.807, 2.05) is 26.0 Å². The Morgan fingerprint density at radius 3 is 2.54 bits per heavy atom. The summed E-state index contributed by atoms with van der Waals surface area (Å²) in [7, 11) is -1.96. The number of carboxylic acids is 1. The molecule has 0 aliphatic heterocycles. The van der Waals surface area contributed by atoms with E-state index in [-0.39, 0.29) is 18.2 Å². The van der Waals surface area contributed by atoms with Gasteiger partial charge in [0, 0.05) is 6.04 Å². The van der Waals surface area contributed by atoms with Crippen molar-refractivity contribution in [3.63, 3.8) is 0 Å². The van der Waals surface area contributed by atoms with Crippen LogP contribution in [-0.4, -0.2) is 55.7 Å². The van der Waals surface area contributed by atoms with Gasteiger partial charge in [0.15, 0.2) is 11.5 Å². The molecule has 1 unspecified atom stereocenters. The number of nitrogens with zero attached hydrogens (tertiary/aromatic N) is 4. The Bertz CT molecular complexity index is 1210. The van der Waals surface area contributed by atoms with Crippen LogP contribution in [0.5, 0.6) is 5.75 Å². The van der Waals surface area contributed by atoms with Crippen LogP contribution in [0.15, 0.2) is 36.9 Å². The largest absolute Gasteiger partial charge is 0.497 e. The van der Waals surface area contributed by atoms with Crippen molar-refractivity contribution in [2.24, 2.45) is 0 Å². The summed E-state index contributed by atoms with van der Waals surface area (Å²) < 4.78 is 26.8. The highest BCUT2D eigenvalue weighted by atomic mass is 31.2. The summed E-state index contributed by atoms with van der Waals surface area (Å²) in [5.41, 5.74) is 6.30. The molecule has 3 aromatic rings. The number of aromatic nitrogens is 4. The monoisotopic (exact) mass is 505 g/mol. The Hall–Kier alpha value is -3.05. The summed E-state index contributed by atoms with van der Waals surface area (Å²) in [4.78, 5) is 24.1. The Morgan fingerprint density at radius 1 is 1.23 bits per heavy atom. The van der Waals surface area contributed by atoms with Crippen molar-refractivity contribution in [2.75, 3.05) is 19.2 Å². The molecular formula is C22H32N7O5P. The van der Waals surface area contributed by atoms with E-state index < -0.39 is 25.1 Å². The average molecular weight is 506 g/mol. The second-order valence-electron chi connectivity index (χ2n) is 8.84. The van der Waals surface area contributed by atoms with E-state index >= 15 is 0 Å². The van der Waals surface area contributed by atoms with Gasteiger partial charge in [0.25, 0.3) is 0 Å². The molecule has 35 heavy (non-hydrogen) atoms. The highest BCUT2D eigenvalue weighted by Gasteiger charge is 2.37. The molecule has 0 amide bonds. The van der Waals surface area contributed by atoms with E-state index in [1.54, 1.807) is 30.1 Å². The van der Waals surface area contributed by atoms with E-state index in [4.69, 9.17) is 15.2 Å². The van der Waals surface area contributed by atoms with E-state index in [1.165, 1.54) is 20.2 Å². The van der Waals surface area contributed by atoms with Crippen LogP contribution in [-0.2, 0) is 20.6 Å². The summed E-state index contributed by atoms with van der Waals surface area (Å²) in [6, 6.07) is 6.95. The Kier molecular flexibility index (Phi) is 8.11. The summed E-state index contributed by atoms with van der Waals surface area (Å²) in [5.74, 6) is -0.152. The van der Waals surface area contributed by atoms with Crippen LogP contribution in [0.4, 0.5) is 5.82 Å². The second-order valence-corrected chi connectivity index (χ2v) is 11.1. The van der Waals surface area contributed by atoms with Crippen molar-refractivity contribution >= 4 is 30.4 Å². The van der Waals surface area contributed by atoms with E-state index in [0.29, 0.717) is 23.5 Å². The van der Waals surface area contributed by atoms with Gasteiger partial charge in [-0.05, 0) is 45.4 Å². The van der Waals surface area contributed by atoms with Crippen LogP contribution in [0.25, 0.3) is 11.2 Å². The predicted molar refractivity (Wildman–Crippen MR) is 132 cm³/mol. The molecule has 0 saturated carbocycles. The molecule has 13 heteroatoms. The lowest BCUT2D eigenvalue weighted by Crippen LogP contribution is -2.47. The van der Waals surface area contributed by atoms with Gasteiger partial charge in [0.1, 0.15) is 29.5 Å². The van der Waals surface area contributed by atoms with Gasteiger partial charge in [-0.1, -0.05) is 12.1 Å². The van der Waals surface area contributed by atoms with Crippen molar-refractivity contribution in [2.45, 2.75) is 51.9 Å². The van der Waals surface area contributed by atoms with E-state index in [9.17, 15) is 14.5 Å². The summed E-state index contributed by atoms with van der Waals surface area (Å²) in [6.07, 6.45) is 2.31. The first-order chi connectivity index (χ1) is 16.4. The number of carboxylic acid groups (broad SMARTS) is 1. The van der Waals surface area contributed by atoms with Gasteiger partial charge in [-0.3, -0.25) is 9.36 Å². The topological polar surface area (TPSA) is 167 Å². The lowest BCUT2D eigenvalue weighted by Gasteiger charge is -2.32. The number of benzene rings is 1. The zero-order chi connectivity index (χ0) is 25.8. The maximum absolute atomic E-state index is 13.9. The maximum Gasteiger partial charge on any atom is 0.323 e. The van der Waals surface area contributed by atoms with Crippen LogP contribution < -0.4 is 20.6 Å². The van der Waals surface area contributed by atoms with Crippen LogP contribution in [0, 0.1) is 0 Å². The highest BCUT2D eigenvalue weighted by molar-refractivity contribution is 7.59.